The molecule has 0 aliphatic rings. The lowest BCUT2D eigenvalue weighted by Gasteiger charge is -2.17. The molecule has 20 heavy (non-hydrogen) atoms. The van der Waals surface area contributed by atoms with Crippen molar-refractivity contribution in [3.05, 3.63) is 47.4 Å². The smallest absolute Gasteiger partial charge is 0.259 e. The molecule has 2 aromatic rings. The summed E-state index contributed by atoms with van der Waals surface area (Å²) in [5.41, 5.74) is 1.20. The van der Waals surface area contributed by atoms with E-state index in [0.717, 1.165) is 12.2 Å². The maximum atomic E-state index is 12.4. The Balaban J connectivity index is 2.23. The minimum Gasteiger partial charge on any atom is -0.369 e. The van der Waals surface area contributed by atoms with E-state index in [9.17, 15) is 4.79 Å². The van der Waals surface area contributed by atoms with Gasteiger partial charge >= 0.3 is 0 Å². The molecule has 2 heterocycles. The second-order valence-corrected chi connectivity index (χ2v) is 4.56. The van der Waals surface area contributed by atoms with Gasteiger partial charge in [-0.25, -0.2) is 4.98 Å². The van der Waals surface area contributed by atoms with Crippen LogP contribution in [0.2, 0.25) is 5.02 Å². The molecule has 2 aromatic heterocycles. The van der Waals surface area contributed by atoms with E-state index in [1.54, 1.807) is 37.6 Å². The molecule has 0 aliphatic carbocycles. The Hall–Kier alpha value is -2.14. The monoisotopic (exact) mass is 290 g/mol. The van der Waals surface area contributed by atoms with E-state index in [2.05, 4.69) is 15.3 Å². The van der Waals surface area contributed by atoms with Crippen LogP contribution in [0, 0.1) is 0 Å². The fraction of sp³-hybridized carbons (Fsp3) is 0.214. The molecule has 0 spiro atoms. The number of aromatic nitrogens is 2. The maximum absolute atomic E-state index is 12.4. The Bertz CT molecular complexity index is 603. The van der Waals surface area contributed by atoms with Gasteiger partial charge in [0.05, 0.1) is 10.6 Å². The number of halogens is 1. The van der Waals surface area contributed by atoms with E-state index >= 15 is 0 Å². The summed E-state index contributed by atoms with van der Waals surface area (Å²) in [6.07, 6.45) is 4.79. The molecule has 0 aromatic carbocycles. The lowest BCUT2D eigenvalue weighted by atomic mass is 10.2. The van der Waals surface area contributed by atoms with Gasteiger partial charge < -0.3 is 10.2 Å². The number of carbonyl (C=O) groups is 1. The van der Waals surface area contributed by atoms with Crippen molar-refractivity contribution in [3.8, 4) is 0 Å². The standard InChI is InChI=1S/C14H15ClN4O/c1-3-17-13-12(15)8-10(9-18-13)14(20)19(2)11-4-6-16-7-5-11/h4-9H,3H2,1-2H3,(H,17,18). The number of hydrogen-bond acceptors (Lipinski definition) is 4. The maximum Gasteiger partial charge on any atom is 0.259 e. The predicted octanol–water partition coefficient (Wildman–Crippen LogP) is 2.84. The van der Waals surface area contributed by atoms with E-state index in [-0.39, 0.29) is 5.91 Å². The quantitative estimate of drug-likeness (QED) is 0.941. The number of amides is 1. The largest absolute Gasteiger partial charge is 0.369 e. The van der Waals surface area contributed by atoms with Gasteiger partial charge in [-0.15, -0.1) is 0 Å². The fourth-order valence-electron chi connectivity index (χ4n) is 1.73. The molecule has 104 valence electrons. The van der Waals surface area contributed by atoms with Gasteiger partial charge in [-0.05, 0) is 25.1 Å². The molecular formula is C14H15ClN4O. The van der Waals surface area contributed by atoms with E-state index < -0.39 is 0 Å². The first-order chi connectivity index (χ1) is 9.63. The minimum atomic E-state index is -0.173. The number of nitrogens with zero attached hydrogens (tertiary/aromatic N) is 3. The van der Waals surface area contributed by atoms with Crippen molar-refractivity contribution >= 4 is 29.0 Å². The third-order valence-corrected chi connectivity index (χ3v) is 3.08. The highest BCUT2D eigenvalue weighted by molar-refractivity contribution is 6.33. The van der Waals surface area contributed by atoms with Gasteiger partial charge in [-0.1, -0.05) is 11.6 Å². The summed E-state index contributed by atoms with van der Waals surface area (Å²) in [6.45, 7) is 2.67. The normalized spacial score (nSPS) is 10.2. The van der Waals surface area contributed by atoms with Gasteiger partial charge in [-0.3, -0.25) is 9.78 Å². The molecule has 0 saturated heterocycles. The molecule has 0 fully saturated rings. The van der Waals surface area contributed by atoms with Crippen LogP contribution in [-0.2, 0) is 0 Å². The van der Waals surface area contributed by atoms with E-state index in [1.807, 2.05) is 6.92 Å². The van der Waals surface area contributed by atoms with Crippen molar-refractivity contribution in [2.45, 2.75) is 6.92 Å². The number of pyridine rings is 2. The van der Waals surface area contributed by atoms with Crippen molar-refractivity contribution in [2.24, 2.45) is 0 Å². The number of hydrogen-bond donors (Lipinski definition) is 1. The Morgan fingerprint density at radius 1 is 1.40 bits per heavy atom. The lowest BCUT2D eigenvalue weighted by Crippen LogP contribution is -2.26. The zero-order valence-electron chi connectivity index (χ0n) is 11.3. The molecule has 0 aliphatic heterocycles. The highest BCUT2D eigenvalue weighted by atomic mass is 35.5. The molecule has 1 N–H and O–H groups in total. The van der Waals surface area contributed by atoms with E-state index in [0.29, 0.717) is 16.4 Å². The third kappa shape index (κ3) is 3.05. The van der Waals surface area contributed by atoms with Gasteiger partial charge in [0.1, 0.15) is 5.82 Å². The summed E-state index contributed by atoms with van der Waals surface area (Å²) in [5, 5.41) is 3.46. The fourth-order valence-corrected chi connectivity index (χ4v) is 1.96. The second-order valence-electron chi connectivity index (χ2n) is 4.15. The summed E-state index contributed by atoms with van der Waals surface area (Å²) in [6, 6.07) is 5.15. The Kier molecular flexibility index (Phi) is 4.53. The van der Waals surface area contributed by atoms with Gasteiger partial charge in [0.2, 0.25) is 0 Å². The van der Waals surface area contributed by atoms with Crippen LogP contribution in [0.5, 0.6) is 0 Å². The van der Waals surface area contributed by atoms with Crippen molar-refractivity contribution in [1.29, 1.82) is 0 Å². The van der Waals surface area contributed by atoms with Crippen molar-refractivity contribution in [1.82, 2.24) is 9.97 Å². The molecule has 1 amide bonds. The molecule has 0 saturated carbocycles. The predicted molar refractivity (Wildman–Crippen MR) is 80.4 cm³/mol. The molecule has 5 nitrogen and oxygen atoms in total. The Morgan fingerprint density at radius 2 is 2.10 bits per heavy atom. The number of nitrogens with one attached hydrogen (secondary N) is 1. The average Bonchev–Trinajstić information content (AvgIpc) is 2.49. The molecule has 0 bridgehead atoms. The Morgan fingerprint density at radius 3 is 2.70 bits per heavy atom. The minimum absolute atomic E-state index is 0.173. The van der Waals surface area contributed by atoms with Crippen LogP contribution in [-0.4, -0.2) is 29.5 Å². The zero-order chi connectivity index (χ0) is 14.5. The first kappa shape index (κ1) is 14.3. The number of rotatable bonds is 4. The topological polar surface area (TPSA) is 58.1 Å². The SMILES string of the molecule is CCNc1ncc(C(=O)N(C)c2ccncc2)cc1Cl. The van der Waals surface area contributed by atoms with Crippen LogP contribution in [0.1, 0.15) is 17.3 Å². The molecular weight excluding hydrogens is 276 g/mol. The summed E-state index contributed by atoms with van der Waals surface area (Å²) in [4.78, 5) is 22.0. The van der Waals surface area contributed by atoms with Crippen LogP contribution in [0.4, 0.5) is 11.5 Å². The average molecular weight is 291 g/mol. The molecule has 0 radical (unpaired) electrons. The molecule has 0 unspecified atom stereocenters. The molecule has 6 heteroatoms. The van der Waals surface area contributed by atoms with Crippen molar-refractivity contribution in [2.75, 3.05) is 23.8 Å². The zero-order valence-corrected chi connectivity index (χ0v) is 12.1. The van der Waals surface area contributed by atoms with E-state index in [1.165, 1.54) is 11.1 Å². The van der Waals surface area contributed by atoms with Crippen LogP contribution >= 0.6 is 11.6 Å². The van der Waals surface area contributed by atoms with Crippen molar-refractivity contribution in [3.63, 3.8) is 0 Å². The third-order valence-electron chi connectivity index (χ3n) is 2.79. The summed E-state index contributed by atoms with van der Waals surface area (Å²) in [7, 11) is 1.70. The molecule has 2 rings (SSSR count). The van der Waals surface area contributed by atoms with Gasteiger partial charge in [-0.2, -0.15) is 0 Å². The Labute approximate surface area is 122 Å². The second kappa shape index (κ2) is 6.34. The van der Waals surface area contributed by atoms with Gasteiger partial charge in [0, 0.05) is 37.9 Å². The first-order valence-electron chi connectivity index (χ1n) is 6.21. The van der Waals surface area contributed by atoms with Crippen LogP contribution in [0.25, 0.3) is 0 Å². The highest BCUT2D eigenvalue weighted by Gasteiger charge is 2.15. The van der Waals surface area contributed by atoms with Crippen LogP contribution < -0.4 is 10.2 Å². The number of anilines is 2. The summed E-state index contributed by atoms with van der Waals surface area (Å²) >= 11 is 6.10. The number of carbonyl (C=O) groups excluding carboxylic acids is 1. The highest BCUT2D eigenvalue weighted by Crippen LogP contribution is 2.21. The molecule has 0 atom stereocenters. The first-order valence-corrected chi connectivity index (χ1v) is 6.58. The summed E-state index contributed by atoms with van der Waals surface area (Å²) < 4.78 is 0. The van der Waals surface area contributed by atoms with E-state index in [4.69, 9.17) is 11.6 Å². The van der Waals surface area contributed by atoms with Crippen LogP contribution in [0.15, 0.2) is 36.8 Å². The van der Waals surface area contributed by atoms with Gasteiger partial charge in [0.15, 0.2) is 0 Å². The van der Waals surface area contributed by atoms with Crippen LogP contribution in [0.3, 0.4) is 0 Å². The summed E-state index contributed by atoms with van der Waals surface area (Å²) in [5.74, 6) is 0.408. The van der Waals surface area contributed by atoms with Gasteiger partial charge in [0.25, 0.3) is 5.91 Å². The van der Waals surface area contributed by atoms with Crippen molar-refractivity contribution < 1.29 is 4.79 Å². The lowest BCUT2D eigenvalue weighted by molar-refractivity contribution is 0.0992.